The second-order valence-corrected chi connectivity index (χ2v) is 4.52. The quantitative estimate of drug-likeness (QED) is 0.729. The maximum atomic E-state index is 12.4. The van der Waals surface area contributed by atoms with Crippen LogP contribution in [0.1, 0.15) is 22.0 Å². The number of carbonyl (C=O) groups excluding carboxylic acids is 1. The Hall–Kier alpha value is -2.06. The Morgan fingerprint density at radius 1 is 1.00 bits per heavy atom. The molecule has 3 heteroatoms. The lowest BCUT2D eigenvalue weighted by Gasteiger charge is -2.27. The zero-order valence-corrected chi connectivity index (χ0v) is 10.8. The Bertz CT molecular complexity index is 647. The fraction of sp³-hybridized carbons (Fsp3) is 0.0625. The van der Waals surface area contributed by atoms with Gasteiger partial charge in [0.05, 0.1) is 11.1 Å². The van der Waals surface area contributed by atoms with E-state index in [-0.39, 0.29) is 5.78 Å². The van der Waals surface area contributed by atoms with E-state index in [1.165, 1.54) is 5.54 Å². The highest BCUT2D eigenvalue weighted by molar-refractivity contribution is 6.29. The molecule has 0 radical (unpaired) electrons. The van der Waals surface area contributed by atoms with Crippen molar-refractivity contribution in [3.63, 3.8) is 0 Å². The lowest BCUT2D eigenvalue weighted by molar-refractivity contribution is 0.0961. The van der Waals surface area contributed by atoms with Gasteiger partial charge in [-0.3, -0.25) is 4.79 Å². The molecule has 3 rings (SSSR count). The molecule has 1 heterocycles. The first-order valence-electron chi connectivity index (χ1n) is 5.97. The number of halogens is 1. The van der Waals surface area contributed by atoms with E-state index in [0.717, 1.165) is 5.56 Å². The molecular weight excluding hydrogens is 260 g/mol. The number of hydrogen-bond donors (Lipinski definition) is 0. The molecule has 1 aliphatic rings. The van der Waals surface area contributed by atoms with Crippen LogP contribution < -0.4 is 4.74 Å². The first-order valence-corrected chi connectivity index (χ1v) is 6.40. The summed E-state index contributed by atoms with van der Waals surface area (Å²) in [6.45, 7) is 0. The van der Waals surface area contributed by atoms with Gasteiger partial charge in [0, 0.05) is 5.54 Å². The van der Waals surface area contributed by atoms with E-state index in [4.69, 9.17) is 16.3 Å². The van der Waals surface area contributed by atoms with Gasteiger partial charge in [0.1, 0.15) is 5.75 Å². The minimum atomic E-state index is -0.443. The molecule has 0 fully saturated rings. The molecule has 0 spiro atoms. The minimum absolute atomic E-state index is 0.0781. The Labute approximate surface area is 116 Å². The van der Waals surface area contributed by atoms with Crippen LogP contribution in [-0.2, 0) is 0 Å². The Balaban J connectivity index is 2.11. The molecule has 0 saturated heterocycles. The van der Waals surface area contributed by atoms with Crippen LogP contribution in [0.3, 0.4) is 0 Å². The molecule has 0 bridgehead atoms. The number of ether oxygens (including phenoxy) is 1. The van der Waals surface area contributed by atoms with Gasteiger partial charge in [-0.05, 0) is 17.7 Å². The number of benzene rings is 2. The fourth-order valence-electron chi connectivity index (χ4n) is 2.20. The minimum Gasteiger partial charge on any atom is -0.480 e. The Morgan fingerprint density at radius 3 is 2.42 bits per heavy atom. The lowest BCUT2D eigenvalue weighted by atomic mass is 9.92. The molecule has 0 aromatic heterocycles. The molecule has 94 valence electrons. The summed E-state index contributed by atoms with van der Waals surface area (Å²) in [6, 6.07) is 16.8. The van der Waals surface area contributed by atoms with E-state index in [9.17, 15) is 4.79 Å². The summed E-state index contributed by atoms with van der Waals surface area (Å²) in [5.41, 5.74) is 3.25. The number of ketones is 1. The molecule has 0 saturated carbocycles. The number of carbonyl (C=O) groups is 1. The smallest absolute Gasteiger partial charge is 0.197 e. The highest BCUT2D eigenvalue weighted by Crippen LogP contribution is 2.38. The summed E-state index contributed by atoms with van der Waals surface area (Å²) in [6.07, 6.45) is -0.443. The van der Waals surface area contributed by atoms with Crippen molar-refractivity contribution in [1.29, 1.82) is 0 Å². The van der Waals surface area contributed by atoms with Crippen LogP contribution in [0, 0.1) is 0 Å². The van der Waals surface area contributed by atoms with Crippen LogP contribution in [0.2, 0.25) is 0 Å². The second-order valence-electron chi connectivity index (χ2n) is 4.30. The highest BCUT2D eigenvalue weighted by Gasteiger charge is 2.32. The molecule has 0 N–H and O–H groups in total. The van der Waals surface area contributed by atoms with Crippen molar-refractivity contribution in [2.45, 2.75) is 6.10 Å². The molecule has 1 aliphatic heterocycles. The second kappa shape index (κ2) is 4.90. The van der Waals surface area contributed by atoms with E-state index >= 15 is 0 Å². The van der Waals surface area contributed by atoms with Crippen LogP contribution in [0.5, 0.6) is 5.75 Å². The van der Waals surface area contributed by atoms with Gasteiger partial charge in [-0.2, -0.15) is 0 Å². The van der Waals surface area contributed by atoms with E-state index in [2.05, 4.69) is 0 Å². The standard InChI is InChI=1S/C16H11ClO2/c17-10-13-15(18)12-8-4-5-9-14(12)19-16(13)11-6-2-1-3-7-11/h1-10,16H. The number of Topliss-reactive ketones (excluding diaryl/α,β-unsaturated/α-hetero) is 1. The first kappa shape index (κ1) is 12.0. The third-order valence-corrected chi connectivity index (χ3v) is 3.38. The lowest BCUT2D eigenvalue weighted by Crippen LogP contribution is -2.23. The van der Waals surface area contributed by atoms with Crippen LogP contribution >= 0.6 is 11.6 Å². The van der Waals surface area contributed by atoms with Crippen molar-refractivity contribution in [1.82, 2.24) is 0 Å². The largest absolute Gasteiger partial charge is 0.480 e. The normalized spacial score (nSPS) is 19.9. The predicted molar refractivity (Wildman–Crippen MR) is 74.5 cm³/mol. The average molecular weight is 271 g/mol. The summed E-state index contributed by atoms with van der Waals surface area (Å²) in [5.74, 6) is 0.523. The van der Waals surface area contributed by atoms with Crippen molar-refractivity contribution in [3.8, 4) is 5.75 Å². The Morgan fingerprint density at radius 2 is 1.68 bits per heavy atom. The maximum absolute atomic E-state index is 12.4. The molecule has 0 amide bonds. The number of fused-ring (bicyclic) bond motifs is 1. The van der Waals surface area contributed by atoms with Gasteiger partial charge in [0.25, 0.3) is 0 Å². The molecule has 2 nitrogen and oxygen atoms in total. The zero-order chi connectivity index (χ0) is 13.2. The molecule has 2 aromatic rings. The molecule has 2 aromatic carbocycles. The van der Waals surface area contributed by atoms with E-state index in [1.807, 2.05) is 42.5 Å². The number of hydrogen-bond acceptors (Lipinski definition) is 2. The molecule has 0 aliphatic carbocycles. The van der Waals surface area contributed by atoms with Crippen LogP contribution in [-0.4, -0.2) is 5.78 Å². The van der Waals surface area contributed by atoms with Crippen LogP contribution in [0.4, 0.5) is 0 Å². The van der Waals surface area contributed by atoms with Crippen molar-refractivity contribution in [3.05, 3.63) is 76.8 Å². The summed E-state index contributed by atoms with van der Waals surface area (Å²) in [4.78, 5) is 12.4. The van der Waals surface area contributed by atoms with Crippen molar-refractivity contribution >= 4 is 17.4 Å². The van der Waals surface area contributed by atoms with Crippen molar-refractivity contribution in [2.75, 3.05) is 0 Å². The van der Waals surface area contributed by atoms with Gasteiger partial charge >= 0.3 is 0 Å². The summed E-state index contributed by atoms with van der Waals surface area (Å²) < 4.78 is 5.92. The number of rotatable bonds is 1. The van der Waals surface area contributed by atoms with Crippen molar-refractivity contribution < 1.29 is 9.53 Å². The topological polar surface area (TPSA) is 26.3 Å². The number of para-hydroxylation sites is 1. The third-order valence-electron chi connectivity index (χ3n) is 3.14. The molecule has 19 heavy (non-hydrogen) atoms. The highest BCUT2D eigenvalue weighted by atomic mass is 35.5. The van der Waals surface area contributed by atoms with E-state index in [0.29, 0.717) is 16.9 Å². The summed E-state index contributed by atoms with van der Waals surface area (Å²) in [5, 5.41) is 0. The third kappa shape index (κ3) is 2.04. The summed E-state index contributed by atoms with van der Waals surface area (Å²) in [7, 11) is 0. The molecular formula is C16H11ClO2. The summed E-state index contributed by atoms with van der Waals surface area (Å²) >= 11 is 5.82. The molecule has 1 unspecified atom stereocenters. The first-order chi connectivity index (χ1) is 9.31. The maximum Gasteiger partial charge on any atom is 0.197 e. The van der Waals surface area contributed by atoms with Gasteiger partial charge in [0.15, 0.2) is 11.9 Å². The van der Waals surface area contributed by atoms with Gasteiger partial charge in [-0.15, -0.1) is 0 Å². The van der Waals surface area contributed by atoms with Crippen LogP contribution in [0.25, 0.3) is 0 Å². The van der Waals surface area contributed by atoms with E-state index < -0.39 is 6.10 Å². The van der Waals surface area contributed by atoms with Gasteiger partial charge in [0.2, 0.25) is 0 Å². The molecule has 1 atom stereocenters. The average Bonchev–Trinajstić information content (AvgIpc) is 2.48. The van der Waals surface area contributed by atoms with Gasteiger partial charge in [-0.1, -0.05) is 54.1 Å². The van der Waals surface area contributed by atoms with Gasteiger partial charge in [-0.25, -0.2) is 0 Å². The Kier molecular flexibility index (Phi) is 3.10. The SMILES string of the molecule is O=C1C(=CCl)C(c2ccccc2)Oc2ccccc21. The van der Waals surface area contributed by atoms with Crippen LogP contribution in [0.15, 0.2) is 65.7 Å². The monoisotopic (exact) mass is 270 g/mol. The predicted octanol–water partition coefficient (Wildman–Crippen LogP) is 4.13. The van der Waals surface area contributed by atoms with Crippen molar-refractivity contribution in [2.24, 2.45) is 0 Å². The zero-order valence-electron chi connectivity index (χ0n) is 10.0. The fourth-order valence-corrected chi connectivity index (χ4v) is 2.42. The van der Waals surface area contributed by atoms with E-state index in [1.54, 1.807) is 12.1 Å². The van der Waals surface area contributed by atoms with Gasteiger partial charge < -0.3 is 4.74 Å².